The molecule has 1 heterocycles. The van der Waals surface area contributed by atoms with E-state index in [9.17, 15) is 10.1 Å². The van der Waals surface area contributed by atoms with Gasteiger partial charge in [-0.25, -0.2) is 0 Å². The molecule has 0 bridgehead atoms. The minimum absolute atomic E-state index is 0.163. The predicted octanol–water partition coefficient (Wildman–Crippen LogP) is 2.02. The van der Waals surface area contributed by atoms with Crippen LogP contribution < -0.4 is 0 Å². The smallest absolute Gasteiger partial charge is 0.269 e. The largest absolute Gasteiger partial charge is 0.305 e. The molecule has 1 aromatic carbocycles. The number of hydrogen-bond acceptors (Lipinski definition) is 4. The van der Waals surface area contributed by atoms with E-state index in [0.29, 0.717) is 12.0 Å². The van der Waals surface area contributed by atoms with Crippen molar-refractivity contribution in [3.63, 3.8) is 0 Å². The van der Waals surface area contributed by atoms with Crippen LogP contribution in [0.15, 0.2) is 24.3 Å². The molecular weight excluding hydrogens is 254 g/mol. The third-order valence-electron chi connectivity index (χ3n) is 4.18. The van der Waals surface area contributed by atoms with E-state index >= 15 is 0 Å². The Bertz CT molecular complexity index is 459. The molecule has 2 atom stereocenters. The van der Waals surface area contributed by atoms with Crippen molar-refractivity contribution in [2.75, 3.05) is 33.7 Å². The van der Waals surface area contributed by atoms with Crippen LogP contribution in [-0.4, -0.2) is 54.5 Å². The van der Waals surface area contributed by atoms with Gasteiger partial charge in [-0.1, -0.05) is 19.1 Å². The minimum Gasteiger partial charge on any atom is -0.305 e. The quantitative estimate of drug-likeness (QED) is 0.610. The molecule has 0 aromatic heterocycles. The summed E-state index contributed by atoms with van der Waals surface area (Å²) in [5, 5.41) is 10.6. The van der Waals surface area contributed by atoms with Crippen molar-refractivity contribution in [3.05, 3.63) is 39.9 Å². The van der Waals surface area contributed by atoms with Crippen molar-refractivity contribution in [3.8, 4) is 0 Å². The van der Waals surface area contributed by atoms with Crippen LogP contribution in [0.25, 0.3) is 0 Å². The second kappa shape index (κ2) is 6.33. The van der Waals surface area contributed by atoms with Crippen molar-refractivity contribution < 1.29 is 4.92 Å². The van der Waals surface area contributed by atoms with Gasteiger partial charge in [0.25, 0.3) is 5.69 Å². The first kappa shape index (κ1) is 14.9. The van der Waals surface area contributed by atoms with Crippen LogP contribution in [0.1, 0.15) is 12.5 Å². The molecule has 0 unspecified atom stereocenters. The molecule has 0 N–H and O–H groups in total. The summed E-state index contributed by atoms with van der Waals surface area (Å²) in [7, 11) is 4.28. The molecule has 1 aliphatic rings. The molecule has 2 rings (SSSR count). The van der Waals surface area contributed by atoms with Gasteiger partial charge >= 0.3 is 0 Å². The molecule has 0 spiro atoms. The van der Waals surface area contributed by atoms with Gasteiger partial charge in [0.2, 0.25) is 0 Å². The van der Waals surface area contributed by atoms with Crippen molar-refractivity contribution in [2.24, 2.45) is 5.92 Å². The van der Waals surface area contributed by atoms with Gasteiger partial charge in [-0.05, 0) is 32.0 Å². The van der Waals surface area contributed by atoms with Gasteiger partial charge in [-0.2, -0.15) is 0 Å². The Balaban J connectivity index is 1.85. The molecular formula is C15H23N3O2. The maximum absolute atomic E-state index is 10.6. The second-order valence-electron chi connectivity index (χ2n) is 5.94. The highest BCUT2D eigenvalue weighted by molar-refractivity contribution is 5.32. The molecule has 5 heteroatoms. The normalized spacial score (nSPS) is 23.4. The summed E-state index contributed by atoms with van der Waals surface area (Å²) in [6, 6.07) is 7.53. The van der Waals surface area contributed by atoms with E-state index in [1.165, 1.54) is 0 Å². The average Bonchev–Trinajstić information content (AvgIpc) is 2.78. The fourth-order valence-corrected chi connectivity index (χ4v) is 2.97. The fraction of sp³-hybridized carbons (Fsp3) is 0.600. The lowest BCUT2D eigenvalue weighted by molar-refractivity contribution is -0.384. The summed E-state index contributed by atoms with van der Waals surface area (Å²) in [5.41, 5.74) is 1.33. The number of non-ortho nitro benzene ring substituents is 1. The average molecular weight is 277 g/mol. The zero-order valence-corrected chi connectivity index (χ0v) is 12.5. The van der Waals surface area contributed by atoms with Crippen LogP contribution in [0, 0.1) is 16.0 Å². The molecule has 0 saturated carbocycles. The summed E-state index contributed by atoms with van der Waals surface area (Å²) in [6.45, 7) is 5.57. The van der Waals surface area contributed by atoms with Crippen molar-refractivity contribution in [2.45, 2.75) is 19.4 Å². The molecule has 0 amide bonds. The molecule has 20 heavy (non-hydrogen) atoms. The van der Waals surface area contributed by atoms with Crippen molar-refractivity contribution >= 4 is 5.69 Å². The minimum atomic E-state index is -0.354. The Kier molecular flexibility index (Phi) is 4.73. The highest BCUT2D eigenvalue weighted by Gasteiger charge is 2.30. The van der Waals surface area contributed by atoms with E-state index in [1.54, 1.807) is 12.1 Å². The first-order chi connectivity index (χ1) is 9.47. The Hall–Kier alpha value is -1.46. The standard InChI is InChI=1S/C15H23N3O2/c1-12-10-17(11-15(12)16(2)3)9-8-13-4-6-14(7-5-13)18(19)20/h4-7,12,15H,8-11H2,1-3H3/t12-,15+/m0/s1. The monoisotopic (exact) mass is 277 g/mol. The van der Waals surface area contributed by atoms with Gasteiger partial charge < -0.3 is 9.80 Å². The van der Waals surface area contributed by atoms with Crippen LogP contribution in [0.3, 0.4) is 0 Å². The number of likely N-dealkylation sites (N-methyl/N-ethyl adjacent to an activating group) is 1. The van der Waals surface area contributed by atoms with Crippen LogP contribution in [0.5, 0.6) is 0 Å². The second-order valence-corrected chi connectivity index (χ2v) is 5.94. The number of hydrogen-bond donors (Lipinski definition) is 0. The first-order valence-electron chi connectivity index (χ1n) is 7.09. The number of benzene rings is 1. The highest BCUT2D eigenvalue weighted by atomic mass is 16.6. The Labute approximate surface area is 120 Å². The van der Waals surface area contributed by atoms with Crippen LogP contribution in [-0.2, 0) is 6.42 Å². The maximum atomic E-state index is 10.6. The topological polar surface area (TPSA) is 49.6 Å². The van der Waals surface area contributed by atoms with Gasteiger partial charge in [-0.3, -0.25) is 10.1 Å². The van der Waals surface area contributed by atoms with Crippen LogP contribution in [0.2, 0.25) is 0 Å². The molecule has 1 saturated heterocycles. The lowest BCUT2D eigenvalue weighted by Crippen LogP contribution is -2.34. The molecule has 5 nitrogen and oxygen atoms in total. The predicted molar refractivity (Wildman–Crippen MR) is 79.9 cm³/mol. The number of likely N-dealkylation sites (tertiary alicyclic amines) is 1. The van der Waals surface area contributed by atoms with Gasteiger partial charge in [0.15, 0.2) is 0 Å². The van der Waals surface area contributed by atoms with Crippen molar-refractivity contribution in [1.82, 2.24) is 9.80 Å². The maximum Gasteiger partial charge on any atom is 0.269 e. The molecule has 110 valence electrons. The summed E-state index contributed by atoms with van der Waals surface area (Å²) >= 11 is 0. The lowest BCUT2D eigenvalue weighted by atomic mass is 10.1. The van der Waals surface area contributed by atoms with E-state index in [-0.39, 0.29) is 10.6 Å². The van der Waals surface area contributed by atoms with E-state index in [4.69, 9.17) is 0 Å². The molecule has 0 aliphatic carbocycles. The SMILES string of the molecule is C[C@H]1CN(CCc2ccc([N+](=O)[O-])cc2)C[C@H]1N(C)C. The van der Waals surface area contributed by atoms with E-state index in [0.717, 1.165) is 31.6 Å². The number of nitro groups is 1. The summed E-state index contributed by atoms with van der Waals surface area (Å²) < 4.78 is 0. The number of nitro benzene ring substituents is 1. The fourth-order valence-electron chi connectivity index (χ4n) is 2.97. The zero-order valence-electron chi connectivity index (χ0n) is 12.5. The van der Waals surface area contributed by atoms with Gasteiger partial charge in [0, 0.05) is 37.8 Å². The molecule has 1 fully saturated rings. The number of rotatable bonds is 5. The Morgan fingerprint density at radius 2 is 1.95 bits per heavy atom. The van der Waals surface area contributed by atoms with E-state index in [2.05, 4.69) is 30.8 Å². The summed E-state index contributed by atoms with van der Waals surface area (Å²) in [6.07, 6.45) is 0.949. The third-order valence-corrected chi connectivity index (χ3v) is 4.18. The first-order valence-corrected chi connectivity index (χ1v) is 7.09. The number of nitrogens with zero attached hydrogens (tertiary/aromatic N) is 3. The third kappa shape index (κ3) is 3.55. The van der Waals surface area contributed by atoms with Gasteiger partial charge in [0.05, 0.1) is 4.92 Å². The molecule has 1 aliphatic heterocycles. The molecule has 0 radical (unpaired) electrons. The van der Waals surface area contributed by atoms with E-state index < -0.39 is 0 Å². The van der Waals surface area contributed by atoms with Crippen molar-refractivity contribution in [1.29, 1.82) is 0 Å². The van der Waals surface area contributed by atoms with E-state index in [1.807, 2.05) is 12.1 Å². The Morgan fingerprint density at radius 3 is 2.45 bits per heavy atom. The van der Waals surface area contributed by atoms with Gasteiger partial charge in [-0.15, -0.1) is 0 Å². The van der Waals surface area contributed by atoms with Gasteiger partial charge in [0.1, 0.15) is 0 Å². The highest BCUT2D eigenvalue weighted by Crippen LogP contribution is 2.20. The van der Waals surface area contributed by atoms with Crippen LogP contribution >= 0.6 is 0 Å². The zero-order chi connectivity index (χ0) is 14.7. The molecule has 1 aromatic rings. The van der Waals surface area contributed by atoms with Crippen LogP contribution in [0.4, 0.5) is 5.69 Å². The Morgan fingerprint density at radius 1 is 1.30 bits per heavy atom. The summed E-state index contributed by atoms with van der Waals surface area (Å²) in [4.78, 5) is 15.0. The summed E-state index contributed by atoms with van der Waals surface area (Å²) in [5.74, 6) is 0.696. The lowest BCUT2D eigenvalue weighted by Gasteiger charge is -2.22.